The van der Waals surface area contributed by atoms with Crippen molar-refractivity contribution in [1.29, 1.82) is 0 Å². The summed E-state index contributed by atoms with van der Waals surface area (Å²) in [4.78, 5) is 14.5. The molecular weight excluding hydrogens is 361 g/mol. The number of amides is 1. The highest BCUT2D eigenvalue weighted by molar-refractivity contribution is 6.39. The van der Waals surface area contributed by atoms with Crippen molar-refractivity contribution in [2.24, 2.45) is 11.7 Å². The van der Waals surface area contributed by atoms with Crippen molar-refractivity contribution in [1.82, 2.24) is 10.1 Å². The largest absolute Gasteiger partial charge is 0.360 e. The lowest BCUT2D eigenvalue weighted by molar-refractivity contribution is 0.0788. The lowest BCUT2D eigenvalue weighted by Crippen LogP contribution is -2.35. The summed E-state index contributed by atoms with van der Waals surface area (Å²) in [5.41, 5.74) is 7.30. The summed E-state index contributed by atoms with van der Waals surface area (Å²) in [6.45, 7) is 6.36. The molecule has 1 unspecified atom stereocenters. The van der Waals surface area contributed by atoms with Crippen LogP contribution in [0.3, 0.4) is 0 Å². The number of carbonyl (C=O) groups excluding carboxylic acids is 1. The van der Waals surface area contributed by atoms with Gasteiger partial charge in [0.05, 0.1) is 10.0 Å². The molecule has 0 bridgehead atoms. The second-order valence-electron chi connectivity index (χ2n) is 6.48. The molecule has 1 amide bonds. The van der Waals surface area contributed by atoms with E-state index >= 15 is 0 Å². The molecule has 0 aliphatic rings. The van der Waals surface area contributed by atoms with Gasteiger partial charge in [0, 0.05) is 25.2 Å². The van der Waals surface area contributed by atoms with Crippen LogP contribution in [0.2, 0.25) is 10.0 Å². The minimum atomic E-state index is -0.194. The van der Waals surface area contributed by atoms with Crippen LogP contribution in [-0.2, 0) is 0 Å². The molecular formula is C18H23Cl2N3O2. The van der Waals surface area contributed by atoms with Gasteiger partial charge in [-0.3, -0.25) is 4.79 Å². The van der Waals surface area contributed by atoms with Crippen LogP contribution in [0.4, 0.5) is 0 Å². The summed E-state index contributed by atoms with van der Waals surface area (Å²) in [6, 6.07) is 5.18. The maximum atomic E-state index is 12.9. The SMILES string of the molecule is Cc1onc(-c2c(Cl)cccc2Cl)c1C(=O)N(C)CCC(N)C(C)C. The number of aryl methyl sites for hydroxylation is 1. The van der Waals surface area contributed by atoms with Crippen molar-refractivity contribution in [3.05, 3.63) is 39.6 Å². The quantitative estimate of drug-likeness (QED) is 0.801. The number of rotatable bonds is 6. The van der Waals surface area contributed by atoms with Crippen molar-refractivity contribution in [2.45, 2.75) is 33.2 Å². The third-order valence-electron chi connectivity index (χ3n) is 4.28. The molecule has 0 saturated heterocycles. The van der Waals surface area contributed by atoms with E-state index in [0.29, 0.717) is 51.5 Å². The Bertz CT molecular complexity index is 739. The van der Waals surface area contributed by atoms with Crippen LogP contribution in [0.25, 0.3) is 11.3 Å². The van der Waals surface area contributed by atoms with E-state index in [1.807, 2.05) is 0 Å². The summed E-state index contributed by atoms with van der Waals surface area (Å²) >= 11 is 12.5. The van der Waals surface area contributed by atoms with Crippen LogP contribution >= 0.6 is 23.2 Å². The van der Waals surface area contributed by atoms with Crippen LogP contribution in [0.15, 0.2) is 22.7 Å². The number of hydrogen-bond acceptors (Lipinski definition) is 4. The van der Waals surface area contributed by atoms with Crippen molar-refractivity contribution < 1.29 is 9.32 Å². The molecule has 0 saturated carbocycles. The van der Waals surface area contributed by atoms with Gasteiger partial charge < -0.3 is 15.2 Å². The highest BCUT2D eigenvalue weighted by Gasteiger charge is 2.27. The third kappa shape index (κ3) is 4.35. The van der Waals surface area contributed by atoms with E-state index in [2.05, 4.69) is 19.0 Å². The minimum Gasteiger partial charge on any atom is -0.360 e. The van der Waals surface area contributed by atoms with Crippen LogP contribution in [0.5, 0.6) is 0 Å². The van der Waals surface area contributed by atoms with E-state index in [0.717, 1.165) is 0 Å². The molecule has 5 nitrogen and oxygen atoms in total. The molecule has 1 aromatic carbocycles. The summed E-state index contributed by atoms with van der Waals surface area (Å²) in [6.07, 6.45) is 0.715. The van der Waals surface area contributed by atoms with E-state index in [-0.39, 0.29) is 11.9 Å². The Labute approximate surface area is 158 Å². The van der Waals surface area contributed by atoms with Crippen LogP contribution < -0.4 is 5.73 Å². The van der Waals surface area contributed by atoms with Crippen LogP contribution in [0.1, 0.15) is 36.4 Å². The predicted molar refractivity (Wildman–Crippen MR) is 101 cm³/mol. The van der Waals surface area contributed by atoms with E-state index < -0.39 is 0 Å². The zero-order chi connectivity index (χ0) is 18.7. The zero-order valence-electron chi connectivity index (χ0n) is 14.8. The fourth-order valence-corrected chi connectivity index (χ4v) is 3.06. The van der Waals surface area contributed by atoms with Gasteiger partial charge in [0.1, 0.15) is 17.0 Å². The predicted octanol–water partition coefficient (Wildman–Crippen LogP) is 4.40. The molecule has 0 aliphatic heterocycles. The second kappa shape index (κ2) is 8.21. The smallest absolute Gasteiger partial charge is 0.259 e. The van der Waals surface area contributed by atoms with Crippen molar-refractivity contribution in [3.8, 4) is 11.3 Å². The number of carbonyl (C=O) groups is 1. The van der Waals surface area contributed by atoms with Gasteiger partial charge in [-0.1, -0.05) is 48.3 Å². The first-order valence-electron chi connectivity index (χ1n) is 8.15. The third-order valence-corrected chi connectivity index (χ3v) is 4.91. The van der Waals surface area contributed by atoms with Gasteiger partial charge in [-0.25, -0.2) is 0 Å². The van der Waals surface area contributed by atoms with E-state index in [9.17, 15) is 4.79 Å². The Hall–Kier alpha value is -1.56. The van der Waals surface area contributed by atoms with Crippen molar-refractivity contribution in [2.75, 3.05) is 13.6 Å². The average Bonchev–Trinajstić information content (AvgIpc) is 2.92. The molecule has 2 N–H and O–H groups in total. The summed E-state index contributed by atoms with van der Waals surface area (Å²) in [5, 5.41) is 4.85. The standard InChI is InChI=1S/C18H23Cl2N3O2/c1-10(2)14(21)8-9-23(4)18(24)15-11(3)25-22-17(15)16-12(19)6-5-7-13(16)20/h5-7,10,14H,8-9,21H2,1-4H3. The molecule has 136 valence electrons. The average molecular weight is 384 g/mol. The Balaban J connectivity index is 2.31. The van der Waals surface area contributed by atoms with Gasteiger partial charge in [-0.15, -0.1) is 0 Å². The van der Waals surface area contributed by atoms with Gasteiger partial charge in [0.15, 0.2) is 0 Å². The lowest BCUT2D eigenvalue weighted by Gasteiger charge is -2.21. The first-order valence-corrected chi connectivity index (χ1v) is 8.91. The Morgan fingerprint density at radius 2 is 1.92 bits per heavy atom. The first kappa shape index (κ1) is 19.8. The van der Waals surface area contributed by atoms with Gasteiger partial charge in [0.2, 0.25) is 0 Å². The molecule has 1 heterocycles. The van der Waals surface area contributed by atoms with E-state index in [1.165, 1.54) is 0 Å². The maximum absolute atomic E-state index is 12.9. The normalized spacial score (nSPS) is 12.5. The fourth-order valence-electron chi connectivity index (χ4n) is 2.49. The van der Waals surface area contributed by atoms with Crippen molar-refractivity contribution >= 4 is 29.1 Å². The molecule has 7 heteroatoms. The molecule has 0 spiro atoms. The van der Waals surface area contributed by atoms with Crippen LogP contribution in [-0.4, -0.2) is 35.6 Å². The highest BCUT2D eigenvalue weighted by Crippen LogP contribution is 2.37. The summed E-state index contributed by atoms with van der Waals surface area (Å²) < 4.78 is 5.26. The highest BCUT2D eigenvalue weighted by atomic mass is 35.5. The monoisotopic (exact) mass is 383 g/mol. The number of benzene rings is 1. The number of nitrogens with zero attached hydrogens (tertiary/aromatic N) is 2. The topological polar surface area (TPSA) is 72.4 Å². The molecule has 1 aromatic heterocycles. The summed E-state index contributed by atoms with van der Waals surface area (Å²) in [7, 11) is 1.74. The van der Waals surface area contributed by atoms with Gasteiger partial charge in [0.25, 0.3) is 5.91 Å². The molecule has 25 heavy (non-hydrogen) atoms. The maximum Gasteiger partial charge on any atom is 0.259 e. The zero-order valence-corrected chi connectivity index (χ0v) is 16.4. The van der Waals surface area contributed by atoms with Crippen molar-refractivity contribution in [3.63, 3.8) is 0 Å². The number of halogens is 2. The summed E-state index contributed by atoms with van der Waals surface area (Å²) in [5.74, 6) is 0.593. The van der Waals surface area contributed by atoms with Gasteiger partial charge in [-0.2, -0.15) is 0 Å². The molecule has 2 rings (SSSR count). The number of aromatic nitrogens is 1. The van der Waals surface area contributed by atoms with Gasteiger partial charge in [-0.05, 0) is 31.4 Å². The molecule has 2 aromatic rings. The lowest BCUT2D eigenvalue weighted by atomic mass is 10.0. The van der Waals surface area contributed by atoms with E-state index in [4.69, 9.17) is 33.5 Å². The molecule has 0 aliphatic carbocycles. The Kier molecular flexibility index (Phi) is 6.49. The Morgan fingerprint density at radius 3 is 2.48 bits per heavy atom. The van der Waals surface area contributed by atoms with Gasteiger partial charge >= 0.3 is 0 Å². The fraction of sp³-hybridized carbons (Fsp3) is 0.444. The minimum absolute atomic E-state index is 0.0382. The molecule has 0 radical (unpaired) electrons. The second-order valence-corrected chi connectivity index (χ2v) is 7.30. The Morgan fingerprint density at radius 1 is 1.32 bits per heavy atom. The number of hydrogen-bond donors (Lipinski definition) is 1. The van der Waals surface area contributed by atoms with E-state index in [1.54, 1.807) is 37.1 Å². The molecule has 1 atom stereocenters. The number of nitrogens with two attached hydrogens (primary N) is 1. The molecule has 0 fully saturated rings. The van der Waals surface area contributed by atoms with Crippen LogP contribution in [0, 0.1) is 12.8 Å². The first-order chi connectivity index (χ1) is 11.7.